The van der Waals surface area contributed by atoms with E-state index < -0.39 is 0 Å². The first kappa shape index (κ1) is 25.2. The molecule has 1 saturated heterocycles. The molecule has 0 N–H and O–H groups in total. The maximum atomic E-state index is 5.95. The van der Waals surface area contributed by atoms with Crippen molar-refractivity contribution >= 4 is 0 Å². The number of aromatic nitrogens is 2. The first-order chi connectivity index (χ1) is 18.1. The highest BCUT2D eigenvalue weighted by atomic mass is 16.5. The standard InChI is InChI=1S/C32H37N3O2/c1-5-23-13-10-14-24(6-2)30(23)32-33-31(26-11-8-7-9-12-26)28(34(32)3)21-35-19-20-37-22-29(35)25-15-17-27(36-4)18-16-25/h7-18,29H,5-6,19-22H2,1-4H3. The van der Waals surface area contributed by atoms with Crippen LogP contribution in [0.3, 0.4) is 0 Å². The van der Waals surface area contributed by atoms with Gasteiger partial charge in [-0.3, -0.25) is 4.90 Å². The fourth-order valence-corrected chi connectivity index (χ4v) is 5.45. The third-order valence-electron chi connectivity index (χ3n) is 7.58. The molecule has 5 heteroatoms. The van der Waals surface area contributed by atoms with Crippen LogP contribution in [0.15, 0.2) is 72.8 Å². The minimum atomic E-state index is 0.177. The van der Waals surface area contributed by atoms with E-state index in [1.54, 1.807) is 7.11 Å². The Morgan fingerprint density at radius 1 is 0.919 bits per heavy atom. The van der Waals surface area contributed by atoms with Crippen molar-refractivity contribution in [2.75, 3.05) is 26.9 Å². The second kappa shape index (κ2) is 11.3. The zero-order valence-corrected chi connectivity index (χ0v) is 22.4. The number of morpholine rings is 1. The Morgan fingerprint density at radius 2 is 1.62 bits per heavy atom. The molecule has 37 heavy (non-hydrogen) atoms. The van der Waals surface area contributed by atoms with Gasteiger partial charge in [-0.15, -0.1) is 0 Å². The fraction of sp³-hybridized carbons (Fsp3) is 0.344. The van der Waals surface area contributed by atoms with Gasteiger partial charge in [-0.2, -0.15) is 0 Å². The van der Waals surface area contributed by atoms with Gasteiger partial charge in [0.15, 0.2) is 0 Å². The lowest BCUT2D eigenvalue weighted by molar-refractivity contribution is -0.0135. The number of aryl methyl sites for hydroxylation is 2. The van der Waals surface area contributed by atoms with Gasteiger partial charge in [0, 0.05) is 31.3 Å². The molecule has 5 rings (SSSR count). The molecule has 2 heterocycles. The van der Waals surface area contributed by atoms with Gasteiger partial charge in [-0.05, 0) is 41.7 Å². The third kappa shape index (κ3) is 5.07. The summed E-state index contributed by atoms with van der Waals surface area (Å²) in [6, 6.07) is 25.8. The summed E-state index contributed by atoms with van der Waals surface area (Å²) in [5.74, 6) is 1.92. The summed E-state index contributed by atoms with van der Waals surface area (Å²) in [7, 11) is 3.88. The minimum Gasteiger partial charge on any atom is -0.497 e. The SMILES string of the molecule is CCc1cccc(CC)c1-c1nc(-c2ccccc2)c(CN2CCOCC2c2ccc(OC)cc2)n1C. The van der Waals surface area contributed by atoms with E-state index in [0.29, 0.717) is 6.61 Å². The van der Waals surface area contributed by atoms with Crippen molar-refractivity contribution in [3.63, 3.8) is 0 Å². The molecule has 0 radical (unpaired) electrons. The average Bonchev–Trinajstić information content (AvgIpc) is 3.28. The van der Waals surface area contributed by atoms with Crippen LogP contribution in [-0.4, -0.2) is 41.3 Å². The van der Waals surface area contributed by atoms with Gasteiger partial charge in [0.25, 0.3) is 0 Å². The largest absolute Gasteiger partial charge is 0.497 e. The maximum Gasteiger partial charge on any atom is 0.141 e. The molecule has 192 valence electrons. The number of rotatable bonds is 8. The highest BCUT2D eigenvalue weighted by Crippen LogP contribution is 2.35. The molecule has 1 aliphatic heterocycles. The fourth-order valence-electron chi connectivity index (χ4n) is 5.45. The zero-order chi connectivity index (χ0) is 25.8. The molecule has 1 unspecified atom stereocenters. The van der Waals surface area contributed by atoms with Crippen molar-refractivity contribution in [1.29, 1.82) is 0 Å². The van der Waals surface area contributed by atoms with Crippen LogP contribution in [0.2, 0.25) is 0 Å². The summed E-state index contributed by atoms with van der Waals surface area (Å²) >= 11 is 0. The molecule has 1 atom stereocenters. The van der Waals surface area contributed by atoms with E-state index in [4.69, 9.17) is 14.5 Å². The Bertz CT molecular complexity index is 1310. The number of hydrogen-bond acceptors (Lipinski definition) is 4. The predicted octanol–water partition coefficient (Wildman–Crippen LogP) is 6.46. The van der Waals surface area contributed by atoms with Gasteiger partial charge >= 0.3 is 0 Å². The van der Waals surface area contributed by atoms with E-state index in [-0.39, 0.29) is 6.04 Å². The molecule has 3 aromatic carbocycles. The lowest BCUT2D eigenvalue weighted by atomic mass is 9.97. The summed E-state index contributed by atoms with van der Waals surface area (Å²) in [5.41, 5.74) is 8.67. The number of ether oxygens (including phenoxy) is 2. The molecule has 0 spiro atoms. The van der Waals surface area contributed by atoms with Crippen LogP contribution in [-0.2, 0) is 31.2 Å². The van der Waals surface area contributed by atoms with Crippen LogP contribution >= 0.6 is 0 Å². The summed E-state index contributed by atoms with van der Waals surface area (Å²) < 4.78 is 13.7. The van der Waals surface area contributed by atoms with Gasteiger partial charge in [0.05, 0.1) is 37.8 Å². The average molecular weight is 496 g/mol. The van der Waals surface area contributed by atoms with Crippen LogP contribution in [0.4, 0.5) is 0 Å². The predicted molar refractivity (Wildman–Crippen MR) is 150 cm³/mol. The van der Waals surface area contributed by atoms with Gasteiger partial charge in [0.1, 0.15) is 11.6 Å². The number of nitrogens with zero attached hydrogens (tertiary/aromatic N) is 3. The number of hydrogen-bond donors (Lipinski definition) is 0. The third-order valence-corrected chi connectivity index (χ3v) is 7.58. The smallest absolute Gasteiger partial charge is 0.141 e. The Hall–Kier alpha value is -3.41. The molecule has 4 aromatic rings. The van der Waals surface area contributed by atoms with Crippen molar-refractivity contribution < 1.29 is 9.47 Å². The van der Waals surface area contributed by atoms with Gasteiger partial charge in [-0.25, -0.2) is 4.98 Å². The monoisotopic (exact) mass is 495 g/mol. The molecule has 1 aliphatic rings. The summed E-state index contributed by atoms with van der Waals surface area (Å²) in [6.07, 6.45) is 1.96. The van der Waals surface area contributed by atoms with E-state index in [1.807, 2.05) is 12.1 Å². The summed E-state index contributed by atoms with van der Waals surface area (Å²) in [5, 5.41) is 0. The van der Waals surface area contributed by atoms with Crippen molar-refractivity contribution in [2.24, 2.45) is 7.05 Å². The zero-order valence-electron chi connectivity index (χ0n) is 22.4. The van der Waals surface area contributed by atoms with Crippen LogP contribution in [0, 0.1) is 0 Å². The normalized spacial score (nSPS) is 16.2. The van der Waals surface area contributed by atoms with Crippen molar-refractivity contribution in [3.05, 3.63) is 95.2 Å². The van der Waals surface area contributed by atoms with Gasteiger partial charge in [-0.1, -0.05) is 74.5 Å². The Kier molecular flexibility index (Phi) is 7.73. The van der Waals surface area contributed by atoms with Gasteiger partial charge < -0.3 is 14.0 Å². The van der Waals surface area contributed by atoms with Gasteiger partial charge in [0.2, 0.25) is 0 Å². The molecule has 0 saturated carbocycles. The lowest BCUT2D eigenvalue weighted by Crippen LogP contribution is -2.39. The van der Waals surface area contributed by atoms with E-state index in [2.05, 4.69) is 91.0 Å². The van der Waals surface area contributed by atoms with E-state index in [0.717, 1.165) is 55.4 Å². The number of imidazole rings is 1. The van der Waals surface area contributed by atoms with E-state index in [9.17, 15) is 0 Å². The topological polar surface area (TPSA) is 39.5 Å². The van der Waals surface area contributed by atoms with Crippen molar-refractivity contribution in [3.8, 4) is 28.4 Å². The van der Waals surface area contributed by atoms with Crippen LogP contribution in [0.5, 0.6) is 5.75 Å². The first-order valence-electron chi connectivity index (χ1n) is 13.3. The van der Waals surface area contributed by atoms with Crippen LogP contribution in [0.25, 0.3) is 22.6 Å². The minimum absolute atomic E-state index is 0.177. The quantitative estimate of drug-likeness (QED) is 0.281. The lowest BCUT2D eigenvalue weighted by Gasteiger charge is -2.36. The number of benzene rings is 3. The molecule has 1 aromatic heterocycles. The summed E-state index contributed by atoms with van der Waals surface area (Å²) in [6.45, 7) is 7.54. The molecule has 1 fully saturated rings. The molecule has 5 nitrogen and oxygen atoms in total. The van der Waals surface area contributed by atoms with Crippen LogP contribution in [0.1, 0.15) is 42.3 Å². The van der Waals surface area contributed by atoms with Crippen molar-refractivity contribution in [2.45, 2.75) is 39.3 Å². The van der Waals surface area contributed by atoms with E-state index >= 15 is 0 Å². The van der Waals surface area contributed by atoms with Crippen LogP contribution < -0.4 is 4.74 Å². The highest BCUT2D eigenvalue weighted by molar-refractivity contribution is 5.72. The van der Waals surface area contributed by atoms with Crippen molar-refractivity contribution in [1.82, 2.24) is 14.5 Å². The first-order valence-corrected chi connectivity index (χ1v) is 13.3. The Labute approximate surface area is 220 Å². The second-order valence-corrected chi connectivity index (χ2v) is 9.65. The van der Waals surface area contributed by atoms with E-state index in [1.165, 1.54) is 27.9 Å². The maximum absolute atomic E-state index is 5.95. The molecule has 0 aliphatic carbocycles. The highest BCUT2D eigenvalue weighted by Gasteiger charge is 2.28. The molecular weight excluding hydrogens is 458 g/mol. The Balaban J connectivity index is 1.60. The summed E-state index contributed by atoms with van der Waals surface area (Å²) in [4.78, 5) is 7.87. The molecule has 0 bridgehead atoms. The Morgan fingerprint density at radius 3 is 2.27 bits per heavy atom. The number of methoxy groups -OCH3 is 1. The molecule has 0 amide bonds. The molecular formula is C32H37N3O2. The second-order valence-electron chi connectivity index (χ2n) is 9.65.